The molecule has 0 fully saturated rings. The van der Waals surface area contributed by atoms with E-state index in [-0.39, 0.29) is 17.5 Å². The van der Waals surface area contributed by atoms with Gasteiger partial charge in [0, 0.05) is 5.69 Å². The maximum absolute atomic E-state index is 13.1. The number of aromatic carboxylic acids is 1. The van der Waals surface area contributed by atoms with Gasteiger partial charge in [-0.15, -0.1) is 5.10 Å². The molecule has 1 aromatic heterocycles. The Morgan fingerprint density at radius 3 is 2.74 bits per heavy atom. The van der Waals surface area contributed by atoms with Crippen LogP contribution in [0.25, 0.3) is 0 Å². The summed E-state index contributed by atoms with van der Waals surface area (Å²) in [5, 5.41) is 16.8. The summed E-state index contributed by atoms with van der Waals surface area (Å²) in [7, 11) is 0. The Balaban J connectivity index is 2.22. The molecule has 1 aromatic carbocycles. The molecule has 0 saturated carbocycles. The van der Waals surface area contributed by atoms with Gasteiger partial charge in [0.2, 0.25) is 11.8 Å². The van der Waals surface area contributed by atoms with Crippen molar-refractivity contribution < 1.29 is 19.1 Å². The number of anilines is 2. The van der Waals surface area contributed by atoms with Crippen LogP contribution in [0.15, 0.2) is 18.2 Å². The SMILES string of the molecule is Nc1n[nH]c(C(=O)Nc2ccc(F)c(C(=O)O)c2)n1. The molecule has 0 aliphatic carbocycles. The van der Waals surface area contributed by atoms with Gasteiger partial charge in [0.25, 0.3) is 5.91 Å². The molecular formula is C10H8FN5O3. The molecule has 2 aromatic rings. The van der Waals surface area contributed by atoms with E-state index in [0.29, 0.717) is 0 Å². The molecule has 0 atom stereocenters. The van der Waals surface area contributed by atoms with Crippen LogP contribution in [-0.2, 0) is 0 Å². The number of aromatic amines is 1. The third kappa shape index (κ3) is 2.65. The molecule has 0 radical (unpaired) electrons. The minimum Gasteiger partial charge on any atom is -0.478 e. The zero-order valence-corrected chi connectivity index (χ0v) is 9.35. The highest BCUT2D eigenvalue weighted by molar-refractivity contribution is 6.02. The van der Waals surface area contributed by atoms with Crippen LogP contribution in [-0.4, -0.2) is 32.2 Å². The monoisotopic (exact) mass is 265 g/mol. The highest BCUT2D eigenvalue weighted by atomic mass is 19.1. The zero-order chi connectivity index (χ0) is 14.0. The molecule has 0 saturated heterocycles. The summed E-state index contributed by atoms with van der Waals surface area (Å²) in [5.74, 6) is -3.24. The van der Waals surface area contributed by atoms with Gasteiger partial charge in [0.1, 0.15) is 5.82 Å². The lowest BCUT2D eigenvalue weighted by atomic mass is 10.2. The first-order valence-electron chi connectivity index (χ1n) is 4.99. The van der Waals surface area contributed by atoms with Crippen molar-refractivity contribution in [1.82, 2.24) is 15.2 Å². The van der Waals surface area contributed by atoms with Gasteiger partial charge in [0.15, 0.2) is 0 Å². The van der Waals surface area contributed by atoms with E-state index in [1.165, 1.54) is 6.07 Å². The van der Waals surface area contributed by atoms with Crippen molar-refractivity contribution in [3.8, 4) is 0 Å². The number of carbonyl (C=O) groups is 2. The minimum atomic E-state index is -1.43. The standard InChI is InChI=1S/C10H8FN5O3/c11-6-2-1-4(3-5(6)9(18)19)13-8(17)7-14-10(12)16-15-7/h1-3H,(H,13,17)(H,18,19)(H3,12,14,15,16). The number of carbonyl (C=O) groups excluding carboxylic acids is 1. The first kappa shape index (κ1) is 12.5. The van der Waals surface area contributed by atoms with Crippen LogP contribution in [0, 0.1) is 5.82 Å². The molecule has 0 bridgehead atoms. The second kappa shape index (κ2) is 4.72. The van der Waals surface area contributed by atoms with Gasteiger partial charge in [-0.05, 0) is 18.2 Å². The van der Waals surface area contributed by atoms with E-state index in [9.17, 15) is 14.0 Å². The van der Waals surface area contributed by atoms with Crippen LogP contribution in [0.2, 0.25) is 0 Å². The lowest BCUT2D eigenvalue weighted by molar-refractivity contribution is 0.0691. The summed E-state index contributed by atoms with van der Waals surface area (Å²) < 4.78 is 13.1. The number of halogens is 1. The Hall–Kier alpha value is -2.97. The van der Waals surface area contributed by atoms with Crippen LogP contribution in [0.1, 0.15) is 21.0 Å². The van der Waals surface area contributed by atoms with Gasteiger partial charge in [0.05, 0.1) is 5.56 Å². The summed E-state index contributed by atoms with van der Waals surface area (Å²) in [4.78, 5) is 26.0. The Bertz CT molecular complexity index is 654. The average molecular weight is 265 g/mol. The molecular weight excluding hydrogens is 257 g/mol. The van der Waals surface area contributed by atoms with E-state index < -0.39 is 23.3 Å². The minimum absolute atomic E-state index is 0.101. The Morgan fingerprint density at radius 1 is 1.42 bits per heavy atom. The van der Waals surface area contributed by atoms with Gasteiger partial charge < -0.3 is 16.2 Å². The van der Waals surface area contributed by atoms with E-state index in [4.69, 9.17) is 10.8 Å². The van der Waals surface area contributed by atoms with Crippen molar-refractivity contribution >= 4 is 23.5 Å². The summed E-state index contributed by atoms with van der Waals surface area (Å²) in [6, 6.07) is 3.16. The van der Waals surface area contributed by atoms with Gasteiger partial charge in [-0.2, -0.15) is 4.98 Å². The molecule has 1 heterocycles. The maximum Gasteiger partial charge on any atom is 0.338 e. The number of hydrogen-bond donors (Lipinski definition) is 4. The molecule has 19 heavy (non-hydrogen) atoms. The third-order valence-corrected chi connectivity index (χ3v) is 2.17. The molecule has 0 aliphatic heterocycles. The topological polar surface area (TPSA) is 134 Å². The number of aromatic nitrogens is 3. The van der Waals surface area contributed by atoms with E-state index >= 15 is 0 Å². The fraction of sp³-hybridized carbons (Fsp3) is 0. The number of hydrogen-bond acceptors (Lipinski definition) is 5. The quantitative estimate of drug-likeness (QED) is 0.637. The van der Waals surface area contributed by atoms with Gasteiger partial charge in [-0.25, -0.2) is 9.18 Å². The first-order chi connectivity index (χ1) is 8.97. The molecule has 0 aliphatic rings. The first-order valence-corrected chi connectivity index (χ1v) is 4.99. The fourth-order valence-corrected chi connectivity index (χ4v) is 1.33. The van der Waals surface area contributed by atoms with Crippen molar-refractivity contribution in [3.05, 3.63) is 35.4 Å². The average Bonchev–Trinajstić information content (AvgIpc) is 2.78. The number of nitrogens with zero attached hydrogens (tertiary/aromatic N) is 2. The van der Waals surface area contributed by atoms with Crippen molar-refractivity contribution in [2.75, 3.05) is 11.1 Å². The Morgan fingerprint density at radius 2 is 2.16 bits per heavy atom. The summed E-state index contributed by atoms with van der Waals surface area (Å²) in [6.07, 6.45) is 0. The number of nitrogens with one attached hydrogen (secondary N) is 2. The lowest BCUT2D eigenvalue weighted by Gasteiger charge is -2.04. The van der Waals surface area contributed by atoms with Crippen LogP contribution < -0.4 is 11.1 Å². The smallest absolute Gasteiger partial charge is 0.338 e. The van der Waals surface area contributed by atoms with E-state index in [0.717, 1.165) is 12.1 Å². The van der Waals surface area contributed by atoms with Gasteiger partial charge in [-0.1, -0.05) is 0 Å². The normalized spacial score (nSPS) is 10.2. The number of rotatable bonds is 3. The summed E-state index contributed by atoms with van der Waals surface area (Å²) in [6.45, 7) is 0. The van der Waals surface area contributed by atoms with Crippen molar-refractivity contribution in [1.29, 1.82) is 0 Å². The molecule has 8 nitrogen and oxygen atoms in total. The van der Waals surface area contributed by atoms with Crippen molar-refractivity contribution in [2.24, 2.45) is 0 Å². The van der Waals surface area contributed by atoms with Crippen molar-refractivity contribution in [2.45, 2.75) is 0 Å². The van der Waals surface area contributed by atoms with Crippen LogP contribution in [0.4, 0.5) is 16.0 Å². The van der Waals surface area contributed by atoms with Crippen LogP contribution >= 0.6 is 0 Å². The number of benzene rings is 1. The molecule has 9 heteroatoms. The maximum atomic E-state index is 13.1. The summed E-state index contributed by atoms with van der Waals surface area (Å²) >= 11 is 0. The number of carboxylic acids is 1. The molecule has 2 rings (SSSR count). The highest BCUT2D eigenvalue weighted by Crippen LogP contribution is 2.15. The molecule has 0 unspecified atom stereocenters. The number of carboxylic acid groups (broad SMARTS) is 1. The van der Waals surface area contributed by atoms with E-state index in [2.05, 4.69) is 20.5 Å². The number of nitrogens with two attached hydrogens (primary N) is 1. The third-order valence-electron chi connectivity index (χ3n) is 2.17. The molecule has 98 valence electrons. The Labute approximate surface area is 105 Å². The predicted octanol–water partition coefficient (Wildman–Crippen LogP) is 0.476. The summed E-state index contributed by atoms with van der Waals surface area (Å²) in [5.41, 5.74) is 4.80. The molecule has 0 spiro atoms. The second-order valence-electron chi connectivity index (χ2n) is 3.50. The Kier molecular flexibility index (Phi) is 3.10. The number of H-pyrrole nitrogens is 1. The van der Waals surface area contributed by atoms with Gasteiger partial charge >= 0.3 is 5.97 Å². The van der Waals surface area contributed by atoms with Crippen LogP contribution in [0.5, 0.6) is 0 Å². The van der Waals surface area contributed by atoms with Crippen molar-refractivity contribution in [3.63, 3.8) is 0 Å². The van der Waals surface area contributed by atoms with E-state index in [1.54, 1.807) is 0 Å². The lowest BCUT2D eigenvalue weighted by Crippen LogP contribution is -2.14. The fourth-order valence-electron chi connectivity index (χ4n) is 1.33. The van der Waals surface area contributed by atoms with Crippen LogP contribution in [0.3, 0.4) is 0 Å². The molecule has 1 amide bonds. The second-order valence-corrected chi connectivity index (χ2v) is 3.50. The predicted molar refractivity (Wildman–Crippen MR) is 62.1 cm³/mol. The number of nitrogen functional groups attached to an aromatic ring is 1. The largest absolute Gasteiger partial charge is 0.478 e. The highest BCUT2D eigenvalue weighted by Gasteiger charge is 2.14. The number of amides is 1. The zero-order valence-electron chi connectivity index (χ0n) is 9.35. The van der Waals surface area contributed by atoms with E-state index in [1.807, 2.05) is 0 Å². The van der Waals surface area contributed by atoms with Gasteiger partial charge in [-0.3, -0.25) is 9.89 Å². The molecule has 5 N–H and O–H groups in total.